The topological polar surface area (TPSA) is 21.3 Å². The predicted molar refractivity (Wildman–Crippen MR) is 73.8 cm³/mol. The quantitative estimate of drug-likeness (QED) is 0.880. The van der Waals surface area contributed by atoms with Crippen LogP contribution in [-0.2, 0) is 11.2 Å². The molecule has 1 aromatic rings. The van der Waals surface area contributed by atoms with Gasteiger partial charge in [-0.3, -0.25) is 0 Å². The Balaban J connectivity index is 1.66. The zero-order valence-corrected chi connectivity index (χ0v) is 11.2. The zero-order valence-electron chi connectivity index (χ0n) is 11.2. The number of aryl methyl sites for hydroxylation is 1. The van der Waals surface area contributed by atoms with Crippen LogP contribution in [0.1, 0.15) is 30.4 Å². The lowest BCUT2D eigenvalue weighted by atomic mass is 9.88. The van der Waals surface area contributed by atoms with Gasteiger partial charge in [-0.15, -0.1) is 0 Å². The third kappa shape index (κ3) is 2.93. The fraction of sp³-hybridized carbons (Fsp3) is 0.625. The van der Waals surface area contributed by atoms with Crippen LogP contribution in [0.2, 0.25) is 0 Å². The summed E-state index contributed by atoms with van der Waals surface area (Å²) in [5.74, 6) is 0.639. The Morgan fingerprint density at radius 2 is 2.06 bits per heavy atom. The average molecular weight is 245 g/mol. The van der Waals surface area contributed by atoms with E-state index in [1.807, 2.05) is 0 Å². The molecule has 0 unspecified atom stereocenters. The summed E-state index contributed by atoms with van der Waals surface area (Å²) in [5.41, 5.74) is 2.89. The summed E-state index contributed by atoms with van der Waals surface area (Å²) in [4.78, 5) is 0. The van der Waals surface area contributed by atoms with Gasteiger partial charge in [0.05, 0.1) is 6.61 Å². The molecule has 18 heavy (non-hydrogen) atoms. The number of benzene rings is 1. The first-order chi connectivity index (χ1) is 8.83. The second-order valence-electron chi connectivity index (χ2n) is 5.80. The molecule has 1 aliphatic carbocycles. The van der Waals surface area contributed by atoms with Crippen LogP contribution in [-0.4, -0.2) is 25.3 Å². The molecule has 0 bridgehead atoms. The summed E-state index contributed by atoms with van der Waals surface area (Å²) in [6.45, 7) is 4.05. The molecule has 0 spiro atoms. The second kappa shape index (κ2) is 5.41. The van der Waals surface area contributed by atoms with E-state index in [1.165, 1.54) is 30.4 Å². The van der Waals surface area contributed by atoms with Gasteiger partial charge < -0.3 is 10.1 Å². The van der Waals surface area contributed by atoms with Crippen LogP contribution < -0.4 is 5.32 Å². The molecule has 1 aromatic carbocycles. The van der Waals surface area contributed by atoms with Crippen molar-refractivity contribution in [3.63, 3.8) is 0 Å². The molecule has 2 nitrogen and oxygen atoms in total. The van der Waals surface area contributed by atoms with Crippen molar-refractivity contribution in [2.24, 2.45) is 5.92 Å². The number of nitrogens with one attached hydrogen (secondary N) is 1. The van der Waals surface area contributed by atoms with E-state index in [4.69, 9.17) is 4.74 Å². The van der Waals surface area contributed by atoms with E-state index in [1.54, 1.807) is 0 Å². The molecule has 0 aromatic heterocycles. The van der Waals surface area contributed by atoms with Gasteiger partial charge in [-0.05, 0) is 43.7 Å². The minimum absolute atomic E-state index is 0.639. The highest BCUT2D eigenvalue weighted by molar-refractivity contribution is 5.26. The van der Waals surface area contributed by atoms with Gasteiger partial charge in [0.25, 0.3) is 0 Å². The van der Waals surface area contributed by atoms with E-state index in [9.17, 15) is 0 Å². The van der Waals surface area contributed by atoms with Gasteiger partial charge in [0.1, 0.15) is 0 Å². The lowest BCUT2D eigenvalue weighted by Gasteiger charge is -2.33. The third-order valence-electron chi connectivity index (χ3n) is 4.24. The minimum atomic E-state index is 0.639. The van der Waals surface area contributed by atoms with E-state index in [2.05, 4.69) is 36.5 Å². The molecule has 1 saturated heterocycles. The Morgan fingerprint density at radius 3 is 2.83 bits per heavy atom. The fourth-order valence-corrected chi connectivity index (χ4v) is 2.89. The molecule has 2 atom stereocenters. The molecule has 1 N–H and O–H groups in total. The highest BCUT2D eigenvalue weighted by Gasteiger charge is 2.31. The van der Waals surface area contributed by atoms with E-state index >= 15 is 0 Å². The number of rotatable bonds is 4. The molecule has 2 heteroatoms. The molecule has 1 aliphatic heterocycles. The van der Waals surface area contributed by atoms with Gasteiger partial charge in [-0.1, -0.05) is 24.3 Å². The van der Waals surface area contributed by atoms with Gasteiger partial charge in [0.15, 0.2) is 0 Å². The van der Waals surface area contributed by atoms with Crippen molar-refractivity contribution in [3.05, 3.63) is 35.4 Å². The lowest BCUT2D eigenvalue weighted by molar-refractivity contribution is 0.0316. The summed E-state index contributed by atoms with van der Waals surface area (Å²) >= 11 is 0. The summed E-state index contributed by atoms with van der Waals surface area (Å²) in [6.07, 6.45) is 5.06. The number of hydrogen-bond donors (Lipinski definition) is 1. The smallest absolute Gasteiger partial charge is 0.0512 e. The van der Waals surface area contributed by atoms with Crippen molar-refractivity contribution < 1.29 is 4.74 Å². The molecule has 98 valence electrons. The lowest BCUT2D eigenvalue weighted by Crippen LogP contribution is -2.44. The van der Waals surface area contributed by atoms with Gasteiger partial charge in [-0.25, -0.2) is 0 Å². The van der Waals surface area contributed by atoms with Crippen LogP contribution in [0.15, 0.2) is 24.3 Å². The van der Waals surface area contributed by atoms with Crippen molar-refractivity contribution in [1.29, 1.82) is 0 Å². The van der Waals surface area contributed by atoms with Crippen LogP contribution in [0.5, 0.6) is 0 Å². The SMILES string of the molecule is Cc1ccccc1C[C@H]1COCC[C@H]1NC1CC1. The van der Waals surface area contributed by atoms with Crippen molar-refractivity contribution in [3.8, 4) is 0 Å². The molecule has 0 amide bonds. The van der Waals surface area contributed by atoms with Gasteiger partial charge in [0, 0.05) is 24.6 Å². The minimum Gasteiger partial charge on any atom is -0.381 e. The normalized spacial score (nSPS) is 28.3. The van der Waals surface area contributed by atoms with Crippen molar-refractivity contribution in [1.82, 2.24) is 5.32 Å². The van der Waals surface area contributed by atoms with Crippen molar-refractivity contribution in [2.45, 2.75) is 44.7 Å². The zero-order chi connectivity index (χ0) is 12.4. The molecule has 2 aliphatic rings. The van der Waals surface area contributed by atoms with E-state index in [0.717, 1.165) is 25.7 Å². The molecule has 1 heterocycles. The molecule has 0 radical (unpaired) electrons. The van der Waals surface area contributed by atoms with Gasteiger partial charge >= 0.3 is 0 Å². The van der Waals surface area contributed by atoms with E-state index in [0.29, 0.717) is 12.0 Å². The second-order valence-corrected chi connectivity index (χ2v) is 5.80. The largest absolute Gasteiger partial charge is 0.381 e. The highest BCUT2D eigenvalue weighted by atomic mass is 16.5. The fourth-order valence-electron chi connectivity index (χ4n) is 2.89. The molecular formula is C16H23NO. The monoisotopic (exact) mass is 245 g/mol. The predicted octanol–water partition coefficient (Wildman–Crippen LogP) is 2.69. The molecule has 2 fully saturated rings. The van der Waals surface area contributed by atoms with E-state index in [-0.39, 0.29) is 0 Å². The van der Waals surface area contributed by atoms with Gasteiger partial charge in [-0.2, -0.15) is 0 Å². The first-order valence-electron chi connectivity index (χ1n) is 7.21. The summed E-state index contributed by atoms with van der Waals surface area (Å²) in [7, 11) is 0. The molecule has 3 rings (SSSR count). The van der Waals surface area contributed by atoms with Crippen LogP contribution in [0, 0.1) is 12.8 Å². The van der Waals surface area contributed by atoms with Crippen molar-refractivity contribution >= 4 is 0 Å². The first kappa shape index (κ1) is 12.2. The van der Waals surface area contributed by atoms with Gasteiger partial charge in [0.2, 0.25) is 0 Å². The maximum Gasteiger partial charge on any atom is 0.0512 e. The Hall–Kier alpha value is -0.860. The van der Waals surface area contributed by atoms with Crippen molar-refractivity contribution in [2.75, 3.05) is 13.2 Å². The maximum absolute atomic E-state index is 5.69. The van der Waals surface area contributed by atoms with Crippen LogP contribution in [0.4, 0.5) is 0 Å². The number of ether oxygens (including phenoxy) is 1. The Bertz CT molecular complexity index is 400. The summed E-state index contributed by atoms with van der Waals surface area (Å²) in [5, 5.41) is 3.80. The summed E-state index contributed by atoms with van der Waals surface area (Å²) < 4.78 is 5.69. The Morgan fingerprint density at radius 1 is 1.22 bits per heavy atom. The highest BCUT2D eigenvalue weighted by Crippen LogP contribution is 2.26. The molecule has 1 saturated carbocycles. The number of hydrogen-bond acceptors (Lipinski definition) is 2. The summed E-state index contributed by atoms with van der Waals surface area (Å²) in [6, 6.07) is 10.2. The Labute approximate surface area is 110 Å². The molecular weight excluding hydrogens is 222 g/mol. The van der Waals surface area contributed by atoms with Crippen LogP contribution in [0.25, 0.3) is 0 Å². The standard InChI is InChI=1S/C16H23NO/c1-12-4-2-3-5-13(12)10-14-11-18-9-8-16(14)17-15-6-7-15/h2-5,14-17H,6-11H2,1H3/t14-,16+/m0/s1. The first-order valence-corrected chi connectivity index (χ1v) is 7.21. The third-order valence-corrected chi connectivity index (χ3v) is 4.24. The van der Waals surface area contributed by atoms with E-state index < -0.39 is 0 Å². The average Bonchev–Trinajstić information content (AvgIpc) is 3.18. The van der Waals surface area contributed by atoms with Crippen LogP contribution >= 0.6 is 0 Å². The Kier molecular flexibility index (Phi) is 3.67. The van der Waals surface area contributed by atoms with Crippen LogP contribution in [0.3, 0.4) is 0 Å². The maximum atomic E-state index is 5.69.